The molecule has 1 heterocycles. The van der Waals surface area contributed by atoms with Crippen LogP contribution in [0.25, 0.3) is 0 Å². The number of benzene rings is 2. The van der Waals surface area contributed by atoms with Crippen molar-refractivity contribution >= 4 is 5.97 Å². The van der Waals surface area contributed by atoms with Gasteiger partial charge in [-0.15, -0.1) is 0 Å². The number of aliphatic hydroxyl groups excluding tert-OH is 1. The number of aromatic carboxylic acids is 1. The van der Waals surface area contributed by atoms with E-state index in [1.807, 2.05) is 0 Å². The lowest BCUT2D eigenvalue weighted by Crippen LogP contribution is -2.55. The van der Waals surface area contributed by atoms with Gasteiger partial charge in [0.15, 0.2) is 0 Å². The molecule has 2 N–H and O–H groups in total. The van der Waals surface area contributed by atoms with Gasteiger partial charge < -0.3 is 14.9 Å². The smallest absolute Gasteiger partial charge is 0.335 e. The molecule has 138 valence electrons. The van der Waals surface area contributed by atoms with Crippen LogP contribution in [-0.2, 0) is 17.7 Å². The summed E-state index contributed by atoms with van der Waals surface area (Å²) in [7, 11) is 0. The minimum absolute atomic E-state index is 0.199. The van der Waals surface area contributed by atoms with Crippen molar-refractivity contribution in [2.45, 2.75) is 18.6 Å². The maximum atomic E-state index is 14.0. The molecule has 6 heteroatoms. The van der Waals surface area contributed by atoms with E-state index in [2.05, 4.69) is 4.90 Å². The first-order valence-electron chi connectivity index (χ1n) is 8.54. The zero-order valence-electron chi connectivity index (χ0n) is 14.4. The average Bonchev–Trinajstić information content (AvgIpc) is 2.64. The lowest BCUT2D eigenvalue weighted by Gasteiger charge is -2.42. The molecule has 3 rings (SSSR count). The highest BCUT2D eigenvalue weighted by atomic mass is 19.1. The van der Waals surface area contributed by atoms with E-state index in [1.165, 1.54) is 6.07 Å². The van der Waals surface area contributed by atoms with Gasteiger partial charge in [-0.2, -0.15) is 0 Å². The lowest BCUT2D eigenvalue weighted by atomic mass is 9.92. The third kappa shape index (κ3) is 4.27. The van der Waals surface area contributed by atoms with Crippen molar-refractivity contribution in [3.63, 3.8) is 0 Å². The molecule has 0 bridgehead atoms. The highest BCUT2D eigenvalue weighted by Gasteiger charge is 2.37. The summed E-state index contributed by atoms with van der Waals surface area (Å²) in [6.07, 6.45) is 0.296. The van der Waals surface area contributed by atoms with E-state index in [0.29, 0.717) is 38.2 Å². The first-order valence-corrected chi connectivity index (χ1v) is 8.54. The number of nitrogens with zero attached hydrogens (tertiary/aromatic N) is 1. The van der Waals surface area contributed by atoms with Crippen LogP contribution >= 0.6 is 0 Å². The van der Waals surface area contributed by atoms with Crippen LogP contribution in [0.15, 0.2) is 48.5 Å². The molecule has 26 heavy (non-hydrogen) atoms. The van der Waals surface area contributed by atoms with Gasteiger partial charge in [0.1, 0.15) is 11.4 Å². The molecule has 1 fully saturated rings. The summed E-state index contributed by atoms with van der Waals surface area (Å²) in [5, 5.41) is 18.9. The Morgan fingerprint density at radius 3 is 2.58 bits per heavy atom. The minimum atomic E-state index is -0.952. The van der Waals surface area contributed by atoms with Gasteiger partial charge in [0.05, 0.1) is 18.8 Å². The van der Waals surface area contributed by atoms with Crippen molar-refractivity contribution < 1.29 is 24.1 Å². The summed E-state index contributed by atoms with van der Waals surface area (Å²) < 4.78 is 19.9. The molecule has 0 spiro atoms. The van der Waals surface area contributed by atoms with Crippen molar-refractivity contribution in [1.29, 1.82) is 0 Å². The minimum Gasteiger partial charge on any atom is -0.478 e. The third-order valence-electron chi connectivity index (χ3n) is 4.69. The number of halogens is 1. The van der Waals surface area contributed by atoms with Crippen LogP contribution < -0.4 is 0 Å². The molecule has 0 aliphatic carbocycles. The molecule has 0 amide bonds. The molecule has 1 aliphatic rings. The van der Waals surface area contributed by atoms with E-state index in [0.717, 1.165) is 5.56 Å². The average molecular weight is 359 g/mol. The van der Waals surface area contributed by atoms with Crippen LogP contribution in [0.5, 0.6) is 0 Å². The van der Waals surface area contributed by atoms with Gasteiger partial charge in [-0.3, -0.25) is 4.90 Å². The SMILES string of the molecule is O=C(O)c1ccc(CN2CCO[C@@](CO)(Cc3ccccc3F)C2)cc1. The van der Waals surface area contributed by atoms with Crippen LogP contribution in [-0.4, -0.2) is 53.0 Å². The molecular formula is C20H22FNO4. The third-order valence-corrected chi connectivity index (χ3v) is 4.69. The first kappa shape index (κ1) is 18.5. The topological polar surface area (TPSA) is 70.0 Å². The summed E-state index contributed by atoms with van der Waals surface area (Å²) in [5.74, 6) is -1.25. The second-order valence-corrected chi connectivity index (χ2v) is 6.67. The van der Waals surface area contributed by atoms with Gasteiger partial charge in [-0.25, -0.2) is 9.18 Å². The first-order chi connectivity index (χ1) is 12.5. The summed E-state index contributed by atoms with van der Waals surface area (Å²) >= 11 is 0. The highest BCUT2D eigenvalue weighted by Crippen LogP contribution is 2.25. The Kier molecular flexibility index (Phi) is 5.66. The molecule has 2 aromatic rings. The maximum absolute atomic E-state index is 14.0. The van der Waals surface area contributed by atoms with Gasteiger partial charge in [-0.1, -0.05) is 30.3 Å². The van der Waals surface area contributed by atoms with Crippen LogP contribution in [0, 0.1) is 5.82 Å². The molecular weight excluding hydrogens is 337 g/mol. The highest BCUT2D eigenvalue weighted by molar-refractivity contribution is 5.87. The van der Waals surface area contributed by atoms with Crippen LogP contribution in [0.2, 0.25) is 0 Å². The number of carboxylic acids is 1. The molecule has 0 saturated carbocycles. The van der Waals surface area contributed by atoms with E-state index in [4.69, 9.17) is 9.84 Å². The van der Waals surface area contributed by atoms with Crippen LogP contribution in [0.1, 0.15) is 21.5 Å². The van der Waals surface area contributed by atoms with E-state index >= 15 is 0 Å². The second-order valence-electron chi connectivity index (χ2n) is 6.67. The quantitative estimate of drug-likeness (QED) is 0.828. The Labute approximate surface area is 151 Å². The molecule has 1 saturated heterocycles. The van der Waals surface area contributed by atoms with E-state index < -0.39 is 11.6 Å². The number of ether oxygens (including phenoxy) is 1. The molecule has 1 aliphatic heterocycles. The van der Waals surface area contributed by atoms with Crippen LogP contribution in [0.4, 0.5) is 4.39 Å². The van der Waals surface area contributed by atoms with Gasteiger partial charge in [0.2, 0.25) is 0 Å². The molecule has 0 aromatic heterocycles. The number of aliphatic hydroxyl groups is 1. The zero-order valence-corrected chi connectivity index (χ0v) is 14.4. The standard InChI is InChI=1S/C20H22FNO4/c21-18-4-2-1-3-17(18)11-20(14-23)13-22(9-10-26-20)12-15-5-7-16(8-6-15)19(24)25/h1-8,23H,9-14H2,(H,24,25)/t20-/m0/s1. The number of rotatable bonds is 6. The maximum Gasteiger partial charge on any atom is 0.335 e. The fraction of sp³-hybridized carbons (Fsp3) is 0.350. The lowest BCUT2D eigenvalue weighted by molar-refractivity contribution is -0.134. The van der Waals surface area contributed by atoms with Crippen molar-refractivity contribution in [1.82, 2.24) is 4.90 Å². The Balaban J connectivity index is 1.70. The molecule has 0 radical (unpaired) electrons. The van der Waals surface area contributed by atoms with Crippen molar-refractivity contribution in [2.75, 3.05) is 26.3 Å². The fourth-order valence-electron chi connectivity index (χ4n) is 3.32. The van der Waals surface area contributed by atoms with Gasteiger partial charge in [0.25, 0.3) is 0 Å². The van der Waals surface area contributed by atoms with Crippen LogP contribution in [0.3, 0.4) is 0 Å². The number of carbonyl (C=O) groups is 1. The summed E-state index contributed by atoms with van der Waals surface area (Å²) in [5.41, 5.74) is 0.908. The molecule has 5 nitrogen and oxygen atoms in total. The normalized spacial score (nSPS) is 20.8. The van der Waals surface area contributed by atoms with Gasteiger partial charge in [0, 0.05) is 26.1 Å². The van der Waals surface area contributed by atoms with Crippen molar-refractivity contribution in [2.24, 2.45) is 0 Å². The fourth-order valence-corrected chi connectivity index (χ4v) is 3.32. The number of morpholine rings is 1. The summed E-state index contributed by atoms with van der Waals surface area (Å²) in [4.78, 5) is 13.1. The van der Waals surface area contributed by atoms with E-state index in [1.54, 1.807) is 42.5 Å². The van der Waals surface area contributed by atoms with Crippen molar-refractivity contribution in [3.05, 3.63) is 71.0 Å². The second kappa shape index (κ2) is 7.95. The monoisotopic (exact) mass is 359 g/mol. The number of hydrogen-bond donors (Lipinski definition) is 2. The number of carboxylic acid groups (broad SMARTS) is 1. The Morgan fingerprint density at radius 1 is 1.19 bits per heavy atom. The Morgan fingerprint density at radius 2 is 1.92 bits per heavy atom. The predicted molar refractivity (Wildman–Crippen MR) is 94.6 cm³/mol. The molecule has 1 atom stereocenters. The zero-order chi connectivity index (χ0) is 18.6. The van der Waals surface area contributed by atoms with Gasteiger partial charge >= 0.3 is 5.97 Å². The Bertz CT molecular complexity index is 765. The predicted octanol–water partition coefficient (Wildman–Crippen LogP) is 2.33. The summed E-state index contributed by atoms with van der Waals surface area (Å²) in [6.45, 7) is 2.03. The molecule has 0 unspecified atom stereocenters. The van der Waals surface area contributed by atoms with Gasteiger partial charge in [-0.05, 0) is 29.3 Å². The Hall–Kier alpha value is -2.28. The van der Waals surface area contributed by atoms with E-state index in [9.17, 15) is 14.3 Å². The van der Waals surface area contributed by atoms with E-state index in [-0.39, 0.29) is 18.0 Å². The molecule has 2 aromatic carbocycles. The van der Waals surface area contributed by atoms with Crippen molar-refractivity contribution in [3.8, 4) is 0 Å². The summed E-state index contributed by atoms with van der Waals surface area (Å²) in [6, 6.07) is 13.3. The largest absolute Gasteiger partial charge is 0.478 e. The number of hydrogen-bond acceptors (Lipinski definition) is 4.